The minimum Gasteiger partial charge on any atom is -0.388 e. The van der Waals surface area contributed by atoms with Crippen LogP contribution in [0.1, 0.15) is 33.1 Å². The first-order valence-corrected chi connectivity index (χ1v) is 16.3. The average Bonchev–Trinajstić information content (AvgIpc) is 3.43. The third-order valence-electron chi connectivity index (χ3n) is 7.53. The number of methoxy groups -OCH3 is 2. The molecule has 0 spiro atoms. The molecule has 0 saturated carbocycles. The zero-order valence-electron chi connectivity index (χ0n) is 26.8. The lowest BCUT2D eigenvalue weighted by Gasteiger charge is -2.38. The van der Waals surface area contributed by atoms with Crippen LogP contribution < -0.4 is 0 Å². The molecule has 2 amide bonds. The van der Waals surface area contributed by atoms with Gasteiger partial charge in [0.2, 0.25) is 11.8 Å². The number of rotatable bonds is 11. The summed E-state index contributed by atoms with van der Waals surface area (Å²) in [5.74, 6) is 0.586. The Hall–Kier alpha value is -2.88. The summed E-state index contributed by atoms with van der Waals surface area (Å²) < 4.78 is 18.2. The molecule has 3 rings (SSSR count). The van der Waals surface area contributed by atoms with E-state index in [0.29, 0.717) is 49.9 Å². The van der Waals surface area contributed by atoms with Gasteiger partial charge in [-0.2, -0.15) is 0 Å². The van der Waals surface area contributed by atoms with E-state index in [2.05, 4.69) is 35.6 Å². The van der Waals surface area contributed by atoms with Gasteiger partial charge in [0.05, 0.1) is 12.4 Å². The van der Waals surface area contributed by atoms with Crippen molar-refractivity contribution in [3.05, 3.63) is 37.2 Å². The van der Waals surface area contributed by atoms with Crippen LogP contribution in [0.4, 0.5) is 0 Å². The molecule has 45 heavy (non-hydrogen) atoms. The van der Waals surface area contributed by atoms with Crippen molar-refractivity contribution in [3.63, 3.8) is 0 Å². The van der Waals surface area contributed by atoms with Crippen molar-refractivity contribution >= 4 is 23.6 Å². The molecule has 13 nitrogen and oxygen atoms in total. The predicted octanol–water partition coefficient (Wildman–Crippen LogP) is 1.88. The van der Waals surface area contributed by atoms with Gasteiger partial charge in [0.1, 0.15) is 24.9 Å². The summed E-state index contributed by atoms with van der Waals surface area (Å²) in [7, 11) is 2.86. The average molecular weight is 649 g/mol. The fourth-order valence-electron chi connectivity index (χ4n) is 5.29. The van der Waals surface area contributed by atoms with Crippen LogP contribution >= 0.6 is 11.8 Å². The van der Waals surface area contributed by atoms with Gasteiger partial charge in [-0.25, -0.2) is 0 Å². The van der Waals surface area contributed by atoms with Gasteiger partial charge in [-0.05, 0) is 37.3 Å². The van der Waals surface area contributed by atoms with Crippen molar-refractivity contribution in [2.75, 3.05) is 59.4 Å². The molecule has 0 bridgehead atoms. The van der Waals surface area contributed by atoms with E-state index in [9.17, 15) is 19.8 Å². The number of allylic oxidation sites excluding steroid dienone is 1. The van der Waals surface area contributed by atoms with E-state index in [1.807, 2.05) is 21.6 Å². The number of hydrogen-bond acceptors (Lipinski definition) is 11. The van der Waals surface area contributed by atoms with Gasteiger partial charge in [0, 0.05) is 71.0 Å². The predicted molar refractivity (Wildman–Crippen MR) is 170 cm³/mol. The van der Waals surface area contributed by atoms with E-state index in [-0.39, 0.29) is 55.8 Å². The molecular weight excluding hydrogens is 600 g/mol. The lowest BCUT2D eigenvalue weighted by atomic mass is 10.00. The van der Waals surface area contributed by atoms with Crippen molar-refractivity contribution in [1.82, 2.24) is 29.5 Å². The molecule has 1 saturated heterocycles. The molecule has 1 aliphatic rings. The normalized spacial score (nSPS) is 22.3. The standard InChI is InChI=1S/C31H48N6O7S/c1-6-12-37-30(23-10-9-11-32-16-23)33-34-31(37)45-21-28(40)36-13-7-8-14-44-19-25(38)29(41)26(43-5)18-35(27(39)20-42-4)17-24(36)15-22(2)3/h6,9-11,16,22,24-26,29,38,41H,1,7-8,12-15,17-21H2,2-5H3/t24-,25+,26+,29+/m0/s1. The van der Waals surface area contributed by atoms with Crippen molar-refractivity contribution < 1.29 is 34.0 Å². The summed E-state index contributed by atoms with van der Waals surface area (Å²) in [6, 6.07) is 3.42. The molecule has 4 atom stereocenters. The number of amides is 2. The van der Waals surface area contributed by atoms with Crippen LogP contribution in [0.5, 0.6) is 0 Å². The van der Waals surface area contributed by atoms with Gasteiger partial charge in [-0.15, -0.1) is 16.8 Å². The van der Waals surface area contributed by atoms with Crippen molar-refractivity contribution in [2.45, 2.75) is 69.2 Å². The molecule has 250 valence electrons. The summed E-state index contributed by atoms with van der Waals surface area (Å²) in [5, 5.41) is 30.7. The van der Waals surface area contributed by atoms with Gasteiger partial charge < -0.3 is 34.2 Å². The van der Waals surface area contributed by atoms with E-state index >= 15 is 0 Å². The van der Waals surface area contributed by atoms with Crippen molar-refractivity contribution in [1.29, 1.82) is 0 Å². The monoisotopic (exact) mass is 648 g/mol. The third-order valence-corrected chi connectivity index (χ3v) is 8.49. The number of aliphatic hydroxyl groups is 2. The largest absolute Gasteiger partial charge is 0.388 e. The van der Waals surface area contributed by atoms with E-state index < -0.39 is 18.3 Å². The van der Waals surface area contributed by atoms with Gasteiger partial charge in [0.25, 0.3) is 0 Å². The Morgan fingerprint density at radius 2 is 2.00 bits per heavy atom. The number of ether oxygens (including phenoxy) is 3. The number of carbonyl (C=O) groups excluding carboxylic acids is 2. The van der Waals surface area contributed by atoms with Gasteiger partial charge in [0.15, 0.2) is 11.0 Å². The minimum absolute atomic E-state index is 0.00404. The Kier molecular flexibility index (Phi) is 15.4. The second-order valence-electron chi connectivity index (χ2n) is 11.5. The van der Waals surface area contributed by atoms with E-state index in [1.54, 1.807) is 23.4 Å². The third kappa shape index (κ3) is 10.9. The summed E-state index contributed by atoms with van der Waals surface area (Å²) in [5.41, 5.74) is 0.812. The second kappa shape index (κ2) is 18.9. The maximum absolute atomic E-state index is 14.0. The zero-order valence-corrected chi connectivity index (χ0v) is 27.6. The molecular formula is C31H48N6O7S. The van der Waals surface area contributed by atoms with Gasteiger partial charge in [-0.1, -0.05) is 31.7 Å². The molecule has 3 heterocycles. The molecule has 1 fully saturated rings. The van der Waals surface area contributed by atoms with Gasteiger partial charge in [-0.3, -0.25) is 19.1 Å². The Balaban J connectivity index is 1.90. The zero-order chi connectivity index (χ0) is 32.8. The number of aliphatic hydroxyl groups excluding tert-OH is 2. The summed E-state index contributed by atoms with van der Waals surface area (Å²) in [6.45, 7) is 9.29. The first kappa shape index (κ1) is 36.6. The van der Waals surface area contributed by atoms with Crippen molar-refractivity contribution in [2.24, 2.45) is 5.92 Å². The first-order valence-electron chi connectivity index (χ1n) is 15.3. The highest BCUT2D eigenvalue weighted by molar-refractivity contribution is 7.99. The van der Waals surface area contributed by atoms with Crippen LogP contribution in [0.25, 0.3) is 11.4 Å². The summed E-state index contributed by atoms with van der Waals surface area (Å²) in [6.07, 6.45) is 3.78. The molecule has 1 aliphatic heterocycles. The molecule has 0 radical (unpaired) electrons. The Morgan fingerprint density at radius 3 is 2.67 bits per heavy atom. The number of hydrogen-bond donors (Lipinski definition) is 2. The highest BCUT2D eigenvalue weighted by Crippen LogP contribution is 2.25. The lowest BCUT2D eigenvalue weighted by Crippen LogP contribution is -2.54. The molecule has 2 aromatic rings. The molecule has 0 unspecified atom stereocenters. The lowest BCUT2D eigenvalue weighted by molar-refractivity contribution is -0.145. The Bertz CT molecular complexity index is 1200. The molecule has 0 aromatic carbocycles. The molecule has 0 aliphatic carbocycles. The minimum atomic E-state index is -1.28. The second-order valence-corrected chi connectivity index (χ2v) is 12.4. The fourth-order valence-corrected chi connectivity index (χ4v) is 6.12. The van der Waals surface area contributed by atoms with Crippen LogP contribution in [0.15, 0.2) is 42.3 Å². The highest BCUT2D eigenvalue weighted by atomic mass is 32.2. The summed E-state index contributed by atoms with van der Waals surface area (Å²) in [4.78, 5) is 34.9. The van der Waals surface area contributed by atoms with Crippen LogP contribution in [0.2, 0.25) is 0 Å². The van der Waals surface area contributed by atoms with E-state index in [1.165, 1.54) is 26.0 Å². The van der Waals surface area contributed by atoms with Crippen LogP contribution in [-0.2, 0) is 30.3 Å². The van der Waals surface area contributed by atoms with E-state index in [0.717, 1.165) is 5.56 Å². The smallest absolute Gasteiger partial charge is 0.248 e. The number of aromatic nitrogens is 4. The maximum atomic E-state index is 14.0. The summed E-state index contributed by atoms with van der Waals surface area (Å²) >= 11 is 1.30. The number of thioether (sulfide) groups is 1. The fraction of sp³-hybridized carbons (Fsp3) is 0.645. The number of pyridine rings is 1. The van der Waals surface area contributed by atoms with E-state index in [4.69, 9.17) is 14.2 Å². The molecule has 2 N–H and O–H groups in total. The maximum Gasteiger partial charge on any atom is 0.248 e. The van der Waals surface area contributed by atoms with Crippen molar-refractivity contribution in [3.8, 4) is 11.4 Å². The molecule has 14 heteroatoms. The highest BCUT2D eigenvalue weighted by Gasteiger charge is 2.33. The topological polar surface area (TPSA) is 152 Å². The quantitative estimate of drug-likeness (QED) is 0.271. The van der Waals surface area contributed by atoms with Gasteiger partial charge >= 0.3 is 0 Å². The van der Waals surface area contributed by atoms with Crippen LogP contribution in [-0.4, -0.2) is 135 Å². The number of nitrogens with zero attached hydrogens (tertiary/aromatic N) is 6. The SMILES string of the molecule is C=CCn1c(SCC(=O)N2CCCCOC[C@@H](O)[C@@H](O)[C@H](OC)CN(C(=O)COC)C[C@@H]2CC(C)C)nnc1-c1cccnc1. The first-order chi connectivity index (χ1) is 21.7. The number of carbonyl (C=O) groups is 2. The Morgan fingerprint density at radius 1 is 1.20 bits per heavy atom. The van der Waals surface area contributed by atoms with Crippen LogP contribution in [0.3, 0.4) is 0 Å². The molecule has 2 aromatic heterocycles. The van der Waals surface area contributed by atoms with Crippen LogP contribution in [0, 0.1) is 5.92 Å². The Labute approximate surface area is 269 Å².